The summed E-state index contributed by atoms with van der Waals surface area (Å²) in [4.78, 5) is 26.8. The Kier molecular flexibility index (Phi) is 5.99. The van der Waals surface area contributed by atoms with Gasteiger partial charge in [0.1, 0.15) is 0 Å². The maximum absolute atomic E-state index is 12.7. The van der Waals surface area contributed by atoms with E-state index in [2.05, 4.69) is 31.4 Å². The minimum Gasteiger partial charge on any atom is -0.352 e. The molecular formula is C19H29N3O2. The zero-order valence-corrected chi connectivity index (χ0v) is 15.2. The molecule has 0 saturated carbocycles. The van der Waals surface area contributed by atoms with E-state index >= 15 is 0 Å². The summed E-state index contributed by atoms with van der Waals surface area (Å²) in [5, 5.41) is 6.07. The number of benzene rings is 1. The molecule has 0 radical (unpaired) electrons. The lowest BCUT2D eigenvalue weighted by atomic mass is 9.97. The molecule has 1 aromatic carbocycles. The highest BCUT2D eigenvalue weighted by molar-refractivity contribution is 5.98. The minimum atomic E-state index is -0.0989. The van der Waals surface area contributed by atoms with E-state index in [0.29, 0.717) is 17.7 Å². The first-order valence-corrected chi connectivity index (χ1v) is 8.65. The molecule has 1 fully saturated rings. The zero-order valence-electron chi connectivity index (χ0n) is 15.2. The van der Waals surface area contributed by atoms with Crippen LogP contribution in [-0.4, -0.2) is 49.4 Å². The van der Waals surface area contributed by atoms with Crippen molar-refractivity contribution in [3.63, 3.8) is 0 Å². The number of likely N-dealkylation sites (N-methyl/N-ethyl adjacent to an activating group) is 1. The molecule has 1 atom stereocenters. The van der Waals surface area contributed by atoms with Gasteiger partial charge in [-0.05, 0) is 49.6 Å². The molecule has 5 nitrogen and oxygen atoms in total. The van der Waals surface area contributed by atoms with Crippen molar-refractivity contribution in [3.8, 4) is 0 Å². The third-order valence-corrected chi connectivity index (χ3v) is 4.25. The molecular weight excluding hydrogens is 302 g/mol. The van der Waals surface area contributed by atoms with Crippen LogP contribution in [0.1, 0.15) is 54.3 Å². The summed E-state index contributed by atoms with van der Waals surface area (Å²) < 4.78 is 0. The van der Waals surface area contributed by atoms with Crippen molar-refractivity contribution in [1.29, 1.82) is 0 Å². The third kappa shape index (κ3) is 4.81. The molecule has 2 N–H and O–H groups in total. The minimum absolute atomic E-state index is 0.0453. The van der Waals surface area contributed by atoms with E-state index in [0.717, 1.165) is 25.9 Å². The topological polar surface area (TPSA) is 61.4 Å². The summed E-state index contributed by atoms with van der Waals surface area (Å²) in [6.07, 6.45) is 2.09. The number of amides is 2. The number of rotatable bonds is 5. The first kappa shape index (κ1) is 18.5. The van der Waals surface area contributed by atoms with Gasteiger partial charge in [0.15, 0.2) is 0 Å². The molecule has 1 heterocycles. The number of likely N-dealkylation sites (tertiary alicyclic amines) is 1. The molecule has 5 heteroatoms. The van der Waals surface area contributed by atoms with Crippen LogP contribution in [0.5, 0.6) is 0 Å². The van der Waals surface area contributed by atoms with E-state index in [1.807, 2.05) is 11.9 Å². The van der Waals surface area contributed by atoms with Crippen LogP contribution >= 0.6 is 0 Å². The SMILES string of the molecule is CNCC1CCCN1C(=O)c1ccc(C(=O)NCC(C)(C)C)cc1. The van der Waals surface area contributed by atoms with Crippen LogP contribution in [0.2, 0.25) is 0 Å². The lowest BCUT2D eigenvalue weighted by Crippen LogP contribution is -2.40. The van der Waals surface area contributed by atoms with Gasteiger partial charge in [-0.25, -0.2) is 0 Å². The Morgan fingerprint density at radius 2 is 1.79 bits per heavy atom. The summed E-state index contributed by atoms with van der Waals surface area (Å²) in [6, 6.07) is 7.23. The van der Waals surface area contributed by atoms with Crippen molar-refractivity contribution in [2.75, 3.05) is 26.7 Å². The highest BCUT2D eigenvalue weighted by atomic mass is 16.2. The van der Waals surface area contributed by atoms with Crippen molar-refractivity contribution in [2.24, 2.45) is 5.41 Å². The molecule has 0 aromatic heterocycles. The van der Waals surface area contributed by atoms with Gasteiger partial charge in [0.05, 0.1) is 0 Å². The van der Waals surface area contributed by atoms with Gasteiger partial charge in [-0.1, -0.05) is 20.8 Å². The van der Waals surface area contributed by atoms with Crippen LogP contribution in [0, 0.1) is 5.41 Å². The molecule has 132 valence electrons. The second-order valence-corrected chi connectivity index (χ2v) is 7.67. The molecule has 0 spiro atoms. The van der Waals surface area contributed by atoms with Crippen LogP contribution in [0.25, 0.3) is 0 Å². The monoisotopic (exact) mass is 331 g/mol. The van der Waals surface area contributed by atoms with Gasteiger partial charge >= 0.3 is 0 Å². The molecule has 0 aliphatic carbocycles. The van der Waals surface area contributed by atoms with Crippen molar-refractivity contribution < 1.29 is 9.59 Å². The van der Waals surface area contributed by atoms with Crippen LogP contribution in [-0.2, 0) is 0 Å². The van der Waals surface area contributed by atoms with E-state index in [9.17, 15) is 9.59 Å². The number of carbonyl (C=O) groups excluding carboxylic acids is 2. The Labute approximate surface area is 144 Å². The second kappa shape index (κ2) is 7.79. The summed E-state index contributed by atoms with van der Waals surface area (Å²) >= 11 is 0. The van der Waals surface area contributed by atoms with Crippen LogP contribution in [0.3, 0.4) is 0 Å². The number of nitrogens with zero attached hydrogens (tertiary/aromatic N) is 1. The van der Waals surface area contributed by atoms with Gasteiger partial charge in [-0.3, -0.25) is 9.59 Å². The lowest BCUT2D eigenvalue weighted by molar-refractivity contribution is 0.0736. The van der Waals surface area contributed by atoms with E-state index in [-0.39, 0.29) is 23.3 Å². The molecule has 1 aliphatic rings. The van der Waals surface area contributed by atoms with Crippen molar-refractivity contribution in [3.05, 3.63) is 35.4 Å². The van der Waals surface area contributed by atoms with Gasteiger partial charge in [-0.2, -0.15) is 0 Å². The highest BCUT2D eigenvalue weighted by Crippen LogP contribution is 2.20. The number of hydrogen-bond acceptors (Lipinski definition) is 3. The van der Waals surface area contributed by atoms with Crippen LogP contribution in [0.15, 0.2) is 24.3 Å². The van der Waals surface area contributed by atoms with Crippen molar-refractivity contribution in [1.82, 2.24) is 15.5 Å². The van der Waals surface area contributed by atoms with Gasteiger partial charge in [0, 0.05) is 36.8 Å². The lowest BCUT2D eigenvalue weighted by Gasteiger charge is -2.24. The summed E-state index contributed by atoms with van der Waals surface area (Å²) in [6.45, 7) is 8.47. The Hall–Kier alpha value is -1.88. The van der Waals surface area contributed by atoms with E-state index < -0.39 is 0 Å². The van der Waals surface area contributed by atoms with Crippen LogP contribution in [0.4, 0.5) is 0 Å². The summed E-state index contributed by atoms with van der Waals surface area (Å²) in [7, 11) is 1.91. The normalized spacial score (nSPS) is 17.8. The first-order chi connectivity index (χ1) is 11.3. The van der Waals surface area contributed by atoms with Gasteiger partial charge in [0.2, 0.25) is 0 Å². The van der Waals surface area contributed by atoms with E-state index in [4.69, 9.17) is 0 Å². The molecule has 2 rings (SSSR count). The standard InChI is InChI=1S/C19H29N3O2/c1-19(2,3)13-21-17(23)14-7-9-15(10-8-14)18(24)22-11-5-6-16(22)12-20-4/h7-10,16,20H,5-6,11-13H2,1-4H3,(H,21,23). The molecule has 2 amide bonds. The average molecular weight is 331 g/mol. The Morgan fingerprint density at radius 1 is 1.17 bits per heavy atom. The fourth-order valence-electron chi connectivity index (χ4n) is 2.93. The number of nitrogens with one attached hydrogen (secondary N) is 2. The second-order valence-electron chi connectivity index (χ2n) is 7.67. The predicted molar refractivity (Wildman–Crippen MR) is 96.2 cm³/mol. The van der Waals surface area contributed by atoms with Gasteiger partial charge in [0.25, 0.3) is 11.8 Å². The molecule has 1 unspecified atom stereocenters. The molecule has 24 heavy (non-hydrogen) atoms. The predicted octanol–water partition coefficient (Wildman–Crippen LogP) is 2.29. The van der Waals surface area contributed by atoms with Crippen molar-refractivity contribution in [2.45, 2.75) is 39.7 Å². The van der Waals surface area contributed by atoms with Crippen molar-refractivity contribution >= 4 is 11.8 Å². The smallest absolute Gasteiger partial charge is 0.254 e. The zero-order chi connectivity index (χ0) is 17.7. The van der Waals surface area contributed by atoms with Gasteiger partial charge < -0.3 is 15.5 Å². The van der Waals surface area contributed by atoms with E-state index in [1.165, 1.54) is 0 Å². The highest BCUT2D eigenvalue weighted by Gasteiger charge is 2.28. The average Bonchev–Trinajstić information content (AvgIpc) is 3.00. The maximum atomic E-state index is 12.7. The van der Waals surface area contributed by atoms with E-state index in [1.54, 1.807) is 24.3 Å². The maximum Gasteiger partial charge on any atom is 0.254 e. The fourth-order valence-corrected chi connectivity index (χ4v) is 2.93. The summed E-state index contributed by atoms with van der Waals surface area (Å²) in [5.74, 6) is -0.0486. The first-order valence-electron chi connectivity index (χ1n) is 8.65. The number of carbonyl (C=O) groups is 2. The Balaban J connectivity index is 2.01. The number of hydrogen-bond donors (Lipinski definition) is 2. The third-order valence-electron chi connectivity index (χ3n) is 4.25. The summed E-state index contributed by atoms with van der Waals surface area (Å²) in [5.41, 5.74) is 1.28. The molecule has 1 aliphatic heterocycles. The molecule has 0 bridgehead atoms. The quantitative estimate of drug-likeness (QED) is 0.870. The van der Waals surface area contributed by atoms with Gasteiger partial charge in [-0.15, -0.1) is 0 Å². The molecule has 1 saturated heterocycles. The fraction of sp³-hybridized carbons (Fsp3) is 0.579. The largest absolute Gasteiger partial charge is 0.352 e. The Morgan fingerprint density at radius 3 is 2.38 bits per heavy atom. The van der Waals surface area contributed by atoms with Crippen LogP contribution < -0.4 is 10.6 Å². The molecule has 1 aromatic rings. The Bertz CT molecular complexity index is 575.